The SMILES string of the molecule is c1ccc2[nH]cnc2c1.c1nc2c([nH]1)CCCC2. The van der Waals surface area contributed by atoms with E-state index in [4.69, 9.17) is 0 Å². The largest absolute Gasteiger partial charge is 0.348 e. The number of hydrogen-bond acceptors (Lipinski definition) is 2. The van der Waals surface area contributed by atoms with Gasteiger partial charge >= 0.3 is 0 Å². The van der Waals surface area contributed by atoms with Gasteiger partial charge in [0, 0.05) is 5.69 Å². The summed E-state index contributed by atoms with van der Waals surface area (Å²) in [7, 11) is 0. The predicted octanol–water partition coefficient (Wildman–Crippen LogP) is 2.85. The smallest absolute Gasteiger partial charge is 0.0931 e. The summed E-state index contributed by atoms with van der Waals surface area (Å²) in [6.45, 7) is 0. The zero-order chi connectivity index (χ0) is 12.2. The van der Waals surface area contributed by atoms with Crippen molar-refractivity contribution in [3.05, 3.63) is 48.3 Å². The Morgan fingerprint density at radius 3 is 2.61 bits per heavy atom. The lowest BCUT2D eigenvalue weighted by Gasteiger charge is -2.07. The number of nitrogens with zero attached hydrogens (tertiary/aromatic N) is 2. The molecule has 92 valence electrons. The highest BCUT2D eigenvalue weighted by atomic mass is 14.9. The van der Waals surface area contributed by atoms with Crippen LogP contribution >= 0.6 is 0 Å². The second-order valence-corrected chi connectivity index (χ2v) is 4.45. The minimum Gasteiger partial charge on any atom is -0.348 e. The van der Waals surface area contributed by atoms with E-state index in [2.05, 4.69) is 19.9 Å². The third-order valence-electron chi connectivity index (χ3n) is 3.23. The summed E-state index contributed by atoms with van der Waals surface area (Å²) in [6.07, 6.45) is 8.53. The molecule has 18 heavy (non-hydrogen) atoms. The molecular formula is C14H16N4. The fourth-order valence-corrected chi connectivity index (χ4v) is 2.26. The average Bonchev–Trinajstić information content (AvgIpc) is 3.08. The molecule has 4 heteroatoms. The van der Waals surface area contributed by atoms with E-state index in [9.17, 15) is 0 Å². The van der Waals surface area contributed by atoms with Crippen LogP contribution in [0.5, 0.6) is 0 Å². The number of benzene rings is 1. The van der Waals surface area contributed by atoms with Gasteiger partial charge in [-0.25, -0.2) is 9.97 Å². The Kier molecular flexibility index (Phi) is 3.08. The normalized spacial score (nSPS) is 13.8. The van der Waals surface area contributed by atoms with Crippen molar-refractivity contribution in [2.24, 2.45) is 0 Å². The molecule has 0 unspecified atom stereocenters. The van der Waals surface area contributed by atoms with E-state index in [1.165, 1.54) is 37.1 Å². The average molecular weight is 240 g/mol. The minimum atomic E-state index is 1.03. The molecule has 2 heterocycles. The number of imidazole rings is 2. The lowest BCUT2D eigenvalue weighted by Crippen LogP contribution is -2.00. The van der Waals surface area contributed by atoms with E-state index in [1.807, 2.05) is 24.3 Å². The Morgan fingerprint density at radius 2 is 1.72 bits per heavy atom. The molecule has 0 fully saturated rings. The summed E-state index contributed by atoms with van der Waals surface area (Å²) in [5, 5.41) is 0. The van der Waals surface area contributed by atoms with Gasteiger partial charge in [0.2, 0.25) is 0 Å². The molecule has 0 atom stereocenters. The Morgan fingerprint density at radius 1 is 0.889 bits per heavy atom. The van der Waals surface area contributed by atoms with Crippen LogP contribution in [0.2, 0.25) is 0 Å². The molecule has 0 amide bonds. The van der Waals surface area contributed by atoms with Gasteiger partial charge in [0.15, 0.2) is 0 Å². The molecule has 0 saturated heterocycles. The van der Waals surface area contributed by atoms with Gasteiger partial charge in [-0.2, -0.15) is 0 Å². The van der Waals surface area contributed by atoms with Crippen LogP contribution in [0, 0.1) is 0 Å². The number of aromatic amines is 2. The Balaban J connectivity index is 0.000000111. The fourth-order valence-electron chi connectivity index (χ4n) is 2.26. The van der Waals surface area contributed by atoms with E-state index in [0.717, 1.165) is 11.0 Å². The van der Waals surface area contributed by atoms with E-state index in [1.54, 1.807) is 12.7 Å². The summed E-state index contributed by atoms with van der Waals surface area (Å²) >= 11 is 0. The zero-order valence-electron chi connectivity index (χ0n) is 10.2. The molecule has 2 aromatic heterocycles. The van der Waals surface area contributed by atoms with E-state index < -0.39 is 0 Å². The molecule has 0 bridgehead atoms. The summed E-state index contributed by atoms with van der Waals surface area (Å²) in [5.41, 5.74) is 4.78. The van der Waals surface area contributed by atoms with Gasteiger partial charge in [0.05, 0.1) is 29.4 Å². The Hall–Kier alpha value is -2.10. The van der Waals surface area contributed by atoms with Gasteiger partial charge in [0.25, 0.3) is 0 Å². The maximum atomic E-state index is 4.20. The van der Waals surface area contributed by atoms with Crippen molar-refractivity contribution in [2.45, 2.75) is 25.7 Å². The molecule has 0 radical (unpaired) electrons. The van der Waals surface area contributed by atoms with Crippen LogP contribution < -0.4 is 0 Å². The molecule has 3 aromatic rings. The molecule has 4 nitrogen and oxygen atoms in total. The number of H-pyrrole nitrogens is 2. The number of nitrogens with one attached hydrogen (secondary N) is 2. The van der Waals surface area contributed by atoms with Crippen molar-refractivity contribution >= 4 is 11.0 Å². The van der Waals surface area contributed by atoms with Crippen molar-refractivity contribution in [3.63, 3.8) is 0 Å². The highest BCUT2D eigenvalue weighted by molar-refractivity contribution is 5.73. The molecule has 2 N–H and O–H groups in total. The molecule has 0 spiro atoms. The van der Waals surface area contributed by atoms with Crippen molar-refractivity contribution in [2.75, 3.05) is 0 Å². The molecule has 1 aliphatic carbocycles. The number of para-hydroxylation sites is 2. The summed E-state index contributed by atoms with van der Waals surface area (Å²) in [6, 6.07) is 7.94. The molecule has 1 aromatic carbocycles. The molecular weight excluding hydrogens is 224 g/mol. The van der Waals surface area contributed by atoms with Crippen LogP contribution in [-0.4, -0.2) is 19.9 Å². The van der Waals surface area contributed by atoms with Gasteiger partial charge in [-0.3, -0.25) is 0 Å². The zero-order valence-corrected chi connectivity index (χ0v) is 10.2. The first-order chi connectivity index (χ1) is 8.93. The summed E-state index contributed by atoms with van der Waals surface area (Å²) < 4.78 is 0. The standard InChI is InChI=1S/C7H10N2.C7H6N2/c2*1-2-4-7-6(3-1)8-5-9-7/h5H,1-4H2,(H,8,9);1-5H,(H,8,9). The molecule has 1 aliphatic rings. The van der Waals surface area contributed by atoms with Crippen LogP contribution in [0.15, 0.2) is 36.9 Å². The predicted molar refractivity (Wildman–Crippen MR) is 71.3 cm³/mol. The second-order valence-electron chi connectivity index (χ2n) is 4.45. The monoisotopic (exact) mass is 240 g/mol. The first kappa shape index (κ1) is 11.0. The lowest BCUT2D eigenvalue weighted by molar-refractivity contribution is 0.667. The van der Waals surface area contributed by atoms with E-state index in [0.29, 0.717) is 0 Å². The van der Waals surface area contributed by atoms with Crippen LogP contribution in [0.25, 0.3) is 11.0 Å². The summed E-state index contributed by atoms with van der Waals surface area (Å²) in [5.74, 6) is 0. The first-order valence-electron chi connectivity index (χ1n) is 6.33. The highest BCUT2D eigenvalue weighted by Gasteiger charge is 2.09. The van der Waals surface area contributed by atoms with Crippen LogP contribution in [-0.2, 0) is 12.8 Å². The van der Waals surface area contributed by atoms with Gasteiger partial charge in [-0.05, 0) is 37.8 Å². The summed E-state index contributed by atoms with van der Waals surface area (Å²) in [4.78, 5) is 14.4. The first-order valence-corrected chi connectivity index (χ1v) is 6.33. The van der Waals surface area contributed by atoms with Gasteiger partial charge in [0.1, 0.15) is 0 Å². The highest BCUT2D eigenvalue weighted by Crippen LogP contribution is 2.16. The third kappa shape index (κ3) is 2.27. The Bertz CT molecular complexity index is 573. The van der Waals surface area contributed by atoms with Crippen molar-refractivity contribution < 1.29 is 0 Å². The van der Waals surface area contributed by atoms with Crippen LogP contribution in [0.3, 0.4) is 0 Å². The molecule has 4 rings (SSSR count). The topological polar surface area (TPSA) is 57.4 Å². The van der Waals surface area contributed by atoms with Crippen LogP contribution in [0.4, 0.5) is 0 Å². The van der Waals surface area contributed by atoms with Crippen molar-refractivity contribution in [1.82, 2.24) is 19.9 Å². The number of rotatable bonds is 0. The molecule has 0 aliphatic heterocycles. The van der Waals surface area contributed by atoms with Gasteiger partial charge in [-0.15, -0.1) is 0 Å². The van der Waals surface area contributed by atoms with Crippen molar-refractivity contribution in [1.29, 1.82) is 0 Å². The number of aryl methyl sites for hydroxylation is 2. The maximum Gasteiger partial charge on any atom is 0.0931 e. The second kappa shape index (κ2) is 5.04. The van der Waals surface area contributed by atoms with E-state index in [-0.39, 0.29) is 0 Å². The van der Waals surface area contributed by atoms with E-state index >= 15 is 0 Å². The fraction of sp³-hybridized carbons (Fsp3) is 0.286. The Labute approximate surface area is 105 Å². The lowest BCUT2D eigenvalue weighted by atomic mass is 10.0. The number of aromatic nitrogens is 4. The quantitative estimate of drug-likeness (QED) is 0.634. The van der Waals surface area contributed by atoms with Gasteiger partial charge < -0.3 is 9.97 Å². The minimum absolute atomic E-state index is 1.03. The third-order valence-corrected chi connectivity index (χ3v) is 3.23. The molecule has 0 saturated carbocycles. The van der Waals surface area contributed by atoms with Crippen molar-refractivity contribution in [3.8, 4) is 0 Å². The number of fused-ring (bicyclic) bond motifs is 2. The number of hydrogen-bond donors (Lipinski definition) is 2. The van der Waals surface area contributed by atoms with Crippen LogP contribution in [0.1, 0.15) is 24.2 Å². The van der Waals surface area contributed by atoms with Gasteiger partial charge in [-0.1, -0.05) is 12.1 Å². The maximum absolute atomic E-state index is 4.20.